The van der Waals surface area contributed by atoms with Gasteiger partial charge in [-0.05, 0) is 32.8 Å². The number of rotatable bonds is 3. The van der Waals surface area contributed by atoms with Gasteiger partial charge in [-0.3, -0.25) is 4.79 Å². The van der Waals surface area contributed by atoms with Gasteiger partial charge in [0, 0.05) is 13.1 Å². The zero-order chi connectivity index (χ0) is 20.5. The normalized spacial score (nSPS) is 24.0. The van der Waals surface area contributed by atoms with Crippen molar-refractivity contribution >= 4 is 18.1 Å². The van der Waals surface area contributed by atoms with Gasteiger partial charge in [0.05, 0.1) is 18.0 Å². The van der Waals surface area contributed by atoms with Crippen molar-refractivity contribution in [1.29, 1.82) is 0 Å². The van der Waals surface area contributed by atoms with Crippen molar-refractivity contribution < 1.29 is 23.9 Å². The van der Waals surface area contributed by atoms with Crippen molar-refractivity contribution in [1.82, 2.24) is 9.80 Å². The van der Waals surface area contributed by atoms with Gasteiger partial charge >= 0.3 is 12.2 Å². The number of fused-ring (bicyclic) bond motifs is 1. The molecule has 28 heavy (non-hydrogen) atoms. The van der Waals surface area contributed by atoms with Crippen LogP contribution in [0.2, 0.25) is 0 Å². The smallest absolute Gasteiger partial charge is 0.410 e. The van der Waals surface area contributed by atoms with Crippen LogP contribution in [0.25, 0.3) is 0 Å². The molecule has 8 nitrogen and oxygen atoms in total. The first kappa shape index (κ1) is 20.0. The number of nitrogens with zero attached hydrogens (tertiary/aromatic N) is 2. The number of primary amides is 1. The van der Waals surface area contributed by atoms with Gasteiger partial charge in [-0.25, -0.2) is 9.59 Å². The Balaban J connectivity index is 1.71. The van der Waals surface area contributed by atoms with Crippen molar-refractivity contribution in [2.75, 3.05) is 13.1 Å². The van der Waals surface area contributed by atoms with E-state index in [0.29, 0.717) is 13.0 Å². The highest BCUT2D eigenvalue weighted by Gasteiger charge is 2.54. The molecule has 3 atom stereocenters. The minimum absolute atomic E-state index is 0.136. The van der Waals surface area contributed by atoms with Gasteiger partial charge in [0.25, 0.3) is 0 Å². The van der Waals surface area contributed by atoms with Crippen molar-refractivity contribution in [2.24, 2.45) is 11.7 Å². The van der Waals surface area contributed by atoms with Crippen molar-refractivity contribution in [3.63, 3.8) is 0 Å². The summed E-state index contributed by atoms with van der Waals surface area (Å²) in [5.41, 5.74) is 5.80. The minimum atomic E-state index is -0.649. The predicted octanol–water partition coefficient (Wildman–Crippen LogP) is 2.12. The molecule has 0 spiro atoms. The predicted molar refractivity (Wildman–Crippen MR) is 101 cm³/mol. The molecule has 0 radical (unpaired) electrons. The van der Waals surface area contributed by atoms with Crippen LogP contribution in [0.4, 0.5) is 9.59 Å². The largest absolute Gasteiger partial charge is 0.445 e. The average Bonchev–Trinajstić information content (AvgIpc) is 3.19. The quantitative estimate of drug-likeness (QED) is 0.853. The summed E-state index contributed by atoms with van der Waals surface area (Å²) in [5, 5.41) is 0. The molecule has 2 fully saturated rings. The van der Waals surface area contributed by atoms with Gasteiger partial charge in [0.2, 0.25) is 5.91 Å². The van der Waals surface area contributed by atoms with Gasteiger partial charge < -0.3 is 25.0 Å². The molecule has 3 unspecified atom stereocenters. The van der Waals surface area contributed by atoms with Crippen LogP contribution in [0.5, 0.6) is 0 Å². The summed E-state index contributed by atoms with van der Waals surface area (Å²) in [6, 6.07) is 8.56. The number of nitrogens with two attached hydrogens (primary N) is 1. The lowest BCUT2D eigenvalue weighted by molar-refractivity contribution is -0.122. The highest BCUT2D eigenvalue weighted by molar-refractivity contribution is 5.82. The fourth-order valence-corrected chi connectivity index (χ4v) is 3.88. The molecule has 2 aliphatic heterocycles. The van der Waals surface area contributed by atoms with Crippen LogP contribution in [-0.2, 0) is 20.9 Å². The van der Waals surface area contributed by atoms with Gasteiger partial charge in [0.15, 0.2) is 0 Å². The van der Waals surface area contributed by atoms with Crippen molar-refractivity contribution in [2.45, 2.75) is 51.5 Å². The molecule has 2 N–H and O–H groups in total. The molecule has 3 amide bonds. The number of carbonyl (C=O) groups excluding carboxylic acids is 3. The first-order chi connectivity index (χ1) is 13.2. The van der Waals surface area contributed by atoms with E-state index in [1.54, 1.807) is 20.8 Å². The first-order valence-corrected chi connectivity index (χ1v) is 9.43. The maximum Gasteiger partial charge on any atom is 0.410 e. The summed E-state index contributed by atoms with van der Waals surface area (Å²) in [4.78, 5) is 40.3. The Bertz CT molecular complexity index is 746. The summed E-state index contributed by atoms with van der Waals surface area (Å²) in [6.45, 7) is 6.03. The Morgan fingerprint density at radius 2 is 1.79 bits per heavy atom. The van der Waals surface area contributed by atoms with Crippen LogP contribution in [0, 0.1) is 5.92 Å². The molecule has 0 bridgehead atoms. The average molecular weight is 389 g/mol. The number of benzene rings is 1. The third-order valence-electron chi connectivity index (χ3n) is 5.06. The molecule has 3 rings (SSSR count). The van der Waals surface area contributed by atoms with E-state index in [-0.39, 0.29) is 19.2 Å². The molecule has 152 valence electrons. The standard InChI is InChI=1S/C20H27N3O5/c1-20(2,3)28-19(26)22-10-9-15-16(22)14(17(21)24)11-23(15)18(25)27-12-13-7-5-4-6-8-13/h4-8,14-16H,9-12H2,1-3H3,(H2,21,24). The zero-order valence-electron chi connectivity index (χ0n) is 16.5. The fraction of sp³-hybridized carbons (Fsp3) is 0.550. The highest BCUT2D eigenvalue weighted by Crippen LogP contribution is 2.36. The van der Waals surface area contributed by atoms with Crippen LogP contribution in [0.15, 0.2) is 30.3 Å². The second kappa shape index (κ2) is 7.69. The molecule has 2 saturated heterocycles. The lowest BCUT2D eigenvalue weighted by atomic mass is 9.99. The maximum absolute atomic E-state index is 12.7. The Morgan fingerprint density at radius 3 is 2.39 bits per heavy atom. The third-order valence-corrected chi connectivity index (χ3v) is 5.06. The van der Waals surface area contributed by atoms with Crippen LogP contribution in [0.1, 0.15) is 32.8 Å². The molecule has 0 aromatic heterocycles. The van der Waals surface area contributed by atoms with E-state index in [0.717, 1.165) is 5.56 Å². The number of likely N-dealkylation sites (tertiary alicyclic amines) is 2. The summed E-state index contributed by atoms with van der Waals surface area (Å²) in [6.07, 6.45) is -0.451. The molecular formula is C20H27N3O5. The maximum atomic E-state index is 12.7. The van der Waals surface area contributed by atoms with E-state index in [4.69, 9.17) is 15.2 Å². The monoisotopic (exact) mass is 389 g/mol. The highest BCUT2D eigenvalue weighted by atomic mass is 16.6. The van der Waals surface area contributed by atoms with E-state index in [1.807, 2.05) is 30.3 Å². The zero-order valence-corrected chi connectivity index (χ0v) is 16.5. The Hall–Kier alpha value is -2.77. The van der Waals surface area contributed by atoms with Crippen LogP contribution in [0.3, 0.4) is 0 Å². The molecular weight excluding hydrogens is 362 g/mol. The van der Waals surface area contributed by atoms with Gasteiger partial charge in [-0.15, -0.1) is 0 Å². The lowest BCUT2D eigenvalue weighted by Gasteiger charge is -2.30. The van der Waals surface area contributed by atoms with Gasteiger partial charge in [-0.2, -0.15) is 0 Å². The Morgan fingerprint density at radius 1 is 1.11 bits per heavy atom. The molecule has 1 aromatic carbocycles. The molecule has 2 heterocycles. The summed E-state index contributed by atoms with van der Waals surface area (Å²) in [7, 11) is 0. The first-order valence-electron chi connectivity index (χ1n) is 9.43. The summed E-state index contributed by atoms with van der Waals surface area (Å²) in [5.74, 6) is -1.19. The van der Waals surface area contributed by atoms with Gasteiger partial charge in [-0.1, -0.05) is 30.3 Å². The number of hydrogen-bond donors (Lipinski definition) is 1. The summed E-state index contributed by atoms with van der Waals surface area (Å²) < 4.78 is 10.9. The molecule has 8 heteroatoms. The summed E-state index contributed by atoms with van der Waals surface area (Å²) >= 11 is 0. The number of carbonyl (C=O) groups is 3. The van der Waals surface area contributed by atoms with E-state index >= 15 is 0 Å². The Labute approximate surface area is 164 Å². The molecule has 0 saturated carbocycles. The number of amides is 3. The van der Waals surface area contributed by atoms with Crippen molar-refractivity contribution in [3.05, 3.63) is 35.9 Å². The van der Waals surface area contributed by atoms with Crippen LogP contribution < -0.4 is 5.73 Å². The van der Waals surface area contributed by atoms with Crippen molar-refractivity contribution in [3.8, 4) is 0 Å². The number of ether oxygens (including phenoxy) is 2. The van der Waals surface area contributed by atoms with E-state index in [1.165, 1.54) is 9.80 Å². The lowest BCUT2D eigenvalue weighted by Crippen LogP contribution is -2.47. The molecule has 1 aromatic rings. The fourth-order valence-electron chi connectivity index (χ4n) is 3.88. The number of hydrogen-bond acceptors (Lipinski definition) is 5. The van der Waals surface area contributed by atoms with E-state index < -0.39 is 35.7 Å². The topological polar surface area (TPSA) is 102 Å². The van der Waals surface area contributed by atoms with Crippen LogP contribution in [-0.4, -0.2) is 58.7 Å². The SMILES string of the molecule is CC(C)(C)OC(=O)N1CCC2C1C(C(N)=O)CN2C(=O)OCc1ccccc1. The van der Waals surface area contributed by atoms with Gasteiger partial charge in [0.1, 0.15) is 12.2 Å². The van der Waals surface area contributed by atoms with E-state index in [2.05, 4.69) is 0 Å². The Kier molecular flexibility index (Phi) is 5.49. The second-order valence-corrected chi connectivity index (χ2v) is 8.22. The molecule has 0 aliphatic carbocycles. The second-order valence-electron chi connectivity index (χ2n) is 8.22. The van der Waals surface area contributed by atoms with Crippen LogP contribution >= 0.6 is 0 Å². The molecule has 2 aliphatic rings. The van der Waals surface area contributed by atoms with E-state index in [9.17, 15) is 14.4 Å². The third kappa shape index (κ3) is 4.21. The minimum Gasteiger partial charge on any atom is -0.445 e.